The highest BCUT2D eigenvalue weighted by Crippen LogP contribution is 2.21. The summed E-state index contributed by atoms with van der Waals surface area (Å²) in [5, 5.41) is 6.97. The first-order valence-electron chi connectivity index (χ1n) is 8.37. The van der Waals surface area contributed by atoms with E-state index in [2.05, 4.69) is 32.5 Å². The van der Waals surface area contributed by atoms with Gasteiger partial charge in [-0.3, -0.25) is 4.79 Å². The number of hydrogen-bond acceptors (Lipinski definition) is 4. The standard InChI is InChI=1S/C17H26ClN5OS/c1-6-8-9-14(18)23-15(7-2)21-12(5)22-17-19-10-13(25-17)16(24)20-11(3)4/h9-11H,6-8H2,1-5H3,(H,20,24)(H,19,21,22,23)/b14-9+. The highest BCUT2D eigenvalue weighted by molar-refractivity contribution is 7.17. The van der Waals surface area contributed by atoms with Gasteiger partial charge in [-0.25, -0.2) is 15.0 Å². The maximum Gasteiger partial charge on any atom is 0.263 e. The largest absolute Gasteiger partial charge is 0.349 e. The molecule has 2 N–H and O–H groups in total. The third-order valence-corrected chi connectivity index (χ3v) is 4.04. The Bertz CT molecular complexity index is 664. The van der Waals surface area contributed by atoms with Crippen LogP contribution in [0.3, 0.4) is 0 Å². The summed E-state index contributed by atoms with van der Waals surface area (Å²) in [7, 11) is 0. The topological polar surface area (TPSA) is 78.7 Å². The van der Waals surface area contributed by atoms with E-state index in [1.54, 1.807) is 6.92 Å². The number of carbonyl (C=O) groups is 1. The van der Waals surface area contributed by atoms with Crippen molar-refractivity contribution in [2.75, 3.05) is 0 Å². The Balaban J connectivity index is 2.82. The number of nitrogens with zero attached hydrogens (tertiary/aromatic N) is 3. The van der Waals surface area contributed by atoms with Crippen molar-refractivity contribution in [3.63, 3.8) is 0 Å². The molecule has 1 amide bonds. The van der Waals surface area contributed by atoms with Gasteiger partial charge >= 0.3 is 0 Å². The Hall–Kier alpha value is -1.73. The van der Waals surface area contributed by atoms with Gasteiger partial charge in [-0.05, 0) is 33.3 Å². The van der Waals surface area contributed by atoms with Crippen molar-refractivity contribution in [2.24, 2.45) is 9.98 Å². The zero-order valence-electron chi connectivity index (χ0n) is 15.4. The molecule has 0 aliphatic carbocycles. The minimum absolute atomic E-state index is 0.0802. The smallest absolute Gasteiger partial charge is 0.263 e. The lowest BCUT2D eigenvalue weighted by atomic mass is 10.3. The highest BCUT2D eigenvalue weighted by atomic mass is 35.5. The number of amides is 1. The lowest BCUT2D eigenvalue weighted by Crippen LogP contribution is -2.29. The van der Waals surface area contributed by atoms with Crippen molar-refractivity contribution >= 4 is 45.6 Å². The van der Waals surface area contributed by atoms with Gasteiger partial charge in [0.15, 0.2) is 0 Å². The number of amidine groups is 2. The Morgan fingerprint density at radius 2 is 2.16 bits per heavy atom. The van der Waals surface area contributed by atoms with Gasteiger partial charge in [0, 0.05) is 12.5 Å². The molecule has 0 atom stereocenters. The molecule has 1 heterocycles. The normalized spacial score (nSPS) is 13.3. The molecule has 1 rings (SSSR count). The van der Waals surface area contributed by atoms with Gasteiger partial charge in [0.25, 0.3) is 5.91 Å². The Morgan fingerprint density at radius 1 is 1.44 bits per heavy atom. The third-order valence-electron chi connectivity index (χ3n) is 2.90. The van der Waals surface area contributed by atoms with Gasteiger partial charge in [0.1, 0.15) is 21.7 Å². The van der Waals surface area contributed by atoms with E-state index in [9.17, 15) is 4.79 Å². The van der Waals surface area contributed by atoms with Crippen LogP contribution in [0.1, 0.15) is 63.6 Å². The number of rotatable bonds is 7. The summed E-state index contributed by atoms with van der Waals surface area (Å²) in [6.07, 6.45) is 6.11. The van der Waals surface area contributed by atoms with Gasteiger partial charge in [-0.15, -0.1) is 0 Å². The van der Waals surface area contributed by atoms with Gasteiger partial charge in [0.05, 0.1) is 6.20 Å². The van der Waals surface area contributed by atoms with E-state index in [1.165, 1.54) is 17.5 Å². The first-order chi connectivity index (χ1) is 11.8. The fourth-order valence-corrected chi connectivity index (χ4v) is 2.72. The van der Waals surface area contributed by atoms with Crippen LogP contribution < -0.4 is 10.6 Å². The molecule has 0 saturated carbocycles. The molecule has 0 spiro atoms. The van der Waals surface area contributed by atoms with E-state index < -0.39 is 0 Å². The molecule has 1 aromatic heterocycles. The number of halogens is 1. The Morgan fingerprint density at radius 3 is 2.76 bits per heavy atom. The molecule has 0 saturated heterocycles. The van der Waals surface area contributed by atoms with Crippen molar-refractivity contribution in [3.8, 4) is 0 Å². The quantitative estimate of drug-likeness (QED) is 0.410. The van der Waals surface area contributed by atoms with Crippen LogP contribution in [0.2, 0.25) is 0 Å². The van der Waals surface area contributed by atoms with Crippen molar-refractivity contribution in [3.05, 3.63) is 22.3 Å². The molecule has 8 heteroatoms. The molecule has 0 unspecified atom stereocenters. The third kappa shape index (κ3) is 8.27. The zero-order chi connectivity index (χ0) is 18.8. The van der Waals surface area contributed by atoms with Gasteiger partial charge in [-0.2, -0.15) is 0 Å². The van der Waals surface area contributed by atoms with E-state index >= 15 is 0 Å². The molecule has 0 bridgehead atoms. The zero-order valence-corrected chi connectivity index (χ0v) is 17.0. The Kier molecular flexibility index (Phi) is 9.37. The van der Waals surface area contributed by atoms with Crippen LogP contribution in [0.5, 0.6) is 0 Å². The van der Waals surface area contributed by atoms with Crippen LogP contribution in [0.25, 0.3) is 0 Å². The van der Waals surface area contributed by atoms with Crippen LogP contribution in [0.4, 0.5) is 5.13 Å². The maximum atomic E-state index is 11.9. The molecule has 0 fully saturated rings. The second kappa shape index (κ2) is 11.0. The highest BCUT2D eigenvalue weighted by Gasteiger charge is 2.11. The second-order valence-electron chi connectivity index (χ2n) is 5.67. The summed E-state index contributed by atoms with van der Waals surface area (Å²) >= 11 is 7.36. The van der Waals surface area contributed by atoms with Crippen molar-refractivity contribution in [1.82, 2.24) is 15.6 Å². The van der Waals surface area contributed by atoms with Crippen LogP contribution in [0, 0.1) is 0 Å². The van der Waals surface area contributed by atoms with Crippen molar-refractivity contribution in [2.45, 2.75) is 59.9 Å². The lowest BCUT2D eigenvalue weighted by Gasteiger charge is -2.06. The average molecular weight is 384 g/mol. The van der Waals surface area contributed by atoms with Crippen molar-refractivity contribution in [1.29, 1.82) is 0 Å². The molecule has 0 aliphatic heterocycles. The number of allylic oxidation sites excluding steroid dienone is 1. The summed E-state index contributed by atoms with van der Waals surface area (Å²) < 4.78 is 0. The van der Waals surface area contributed by atoms with Crippen LogP contribution in [-0.4, -0.2) is 28.6 Å². The van der Waals surface area contributed by atoms with E-state index in [-0.39, 0.29) is 11.9 Å². The van der Waals surface area contributed by atoms with Gasteiger partial charge < -0.3 is 10.6 Å². The number of aliphatic imine (C=N–C) groups is 2. The fourth-order valence-electron chi connectivity index (χ4n) is 1.77. The molecule has 0 aliphatic rings. The van der Waals surface area contributed by atoms with Crippen LogP contribution >= 0.6 is 22.9 Å². The van der Waals surface area contributed by atoms with E-state index in [0.717, 1.165) is 18.7 Å². The van der Waals surface area contributed by atoms with Gasteiger partial charge in [0.2, 0.25) is 5.13 Å². The average Bonchev–Trinajstić information content (AvgIpc) is 3.00. The summed E-state index contributed by atoms with van der Waals surface area (Å²) in [4.78, 5) is 25.4. The summed E-state index contributed by atoms with van der Waals surface area (Å²) in [6, 6.07) is 0.0802. The molecule has 138 valence electrons. The lowest BCUT2D eigenvalue weighted by molar-refractivity contribution is 0.0947. The fraction of sp³-hybridized carbons (Fsp3) is 0.529. The number of carbonyl (C=O) groups excluding carboxylic acids is 1. The first kappa shape index (κ1) is 21.3. The minimum Gasteiger partial charge on any atom is -0.349 e. The number of thiazole rings is 1. The molecule has 1 aromatic rings. The molecule has 6 nitrogen and oxygen atoms in total. The summed E-state index contributed by atoms with van der Waals surface area (Å²) in [5.74, 6) is 1.14. The molecular weight excluding hydrogens is 358 g/mol. The number of aromatic nitrogens is 1. The van der Waals surface area contributed by atoms with Crippen molar-refractivity contribution < 1.29 is 4.79 Å². The summed E-state index contributed by atoms with van der Waals surface area (Å²) in [5.41, 5.74) is 0. The van der Waals surface area contributed by atoms with Crippen LogP contribution in [-0.2, 0) is 0 Å². The first-order valence-corrected chi connectivity index (χ1v) is 9.57. The molecular formula is C17H26ClN5OS. The summed E-state index contributed by atoms with van der Waals surface area (Å²) in [6.45, 7) is 9.69. The molecule has 25 heavy (non-hydrogen) atoms. The second-order valence-corrected chi connectivity index (χ2v) is 7.09. The number of nitrogens with one attached hydrogen (secondary N) is 2. The van der Waals surface area contributed by atoms with Crippen LogP contribution in [0.15, 0.2) is 27.4 Å². The number of hydrogen-bond donors (Lipinski definition) is 2. The molecule has 0 radical (unpaired) electrons. The SMILES string of the molecule is CCC/C=C(\Cl)NC(CC)=N/C(C)=N\c1ncc(C(=O)NC(C)C)s1. The van der Waals surface area contributed by atoms with E-state index in [4.69, 9.17) is 11.6 Å². The number of unbranched alkanes of at least 4 members (excludes halogenated alkanes) is 1. The predicted octanol–water partition coefficient (Wildman–Crippen LogP) is 4.61. The Labute approximate surface area is 158 Å². The van der Waals surface area contributed by atoms with E-state index in [0.29, 0.717) is 27.4 Å². The van der Waals surface area contributed by atoms with E-state index in [1.807, 2.05) is 26.8 Å². The molecule has 0 aromatic carbocycles. The minimum atomic E-state index is -0.140. The monoisotopic (exact) mass is 383 g/mol. The maximum absolute atomic E-state index is 11.9. The van der Waals surface area contributed by atoms with Gasteiger partial charge in [-0.1, -0.05) is 43.2 Å². The predicted molar refractivity (Wildman–Crippen MR) is 107 cm³/mol.